The lowest BCUT2D eigenvalue weighted by atomic mass is 10.0. The molecule has 178 valence electrons. The highest BCUT2D eigenvalue weighted by Gasteiger charge is 2.33. The molecule has 10 heteroatoms. The minimum absolute atomic E-state index is 0.0416. The average molecular weight is 496 g/mol. The van der Waals surface area contributed by atoms with Crippen molar-refractivity contribution in [3.8, 4) is 0 Å². The molecule has 2 aromatic rings. The van der Waals surface area contributed by atoms with E-state index >= 15 is 0 Å². The lowest BCUT2D eigenvalue weighted by Crippen LogP contribution is -2.46. The van der Waals surface area contributed by atoms with Crippen LogP contribution in [0, 0.1) is 5.82 Å². The highest BCUT2D eigenvalue weighted by molar-refractivity contribution is 7.89. The molecule has 1 saturated heterocycles. The van der Waals surface area contributed by atoms with Crippen LogP contribution in [0.15, 0.2) is 53.4 Å². The maximum atomic E-state index is 13.2. The lowest BCUT2D eigenvalue weighted by molar-refractivity contribution is -0.139. The third-order valence-corrected chi connectivity index (χ3v) is 7.79. The molecule has 0 radical (unpaired) electrons. The molecule has 0 spiro atoms. The standard InChI is InChI=1S/C23H27ClFN3O4S/c24-18-6-4-17(5-7-18)12-14-26-22(29)23(30)27-15-13-20-3-1-2-16-28(20)33(31,32)21-10-8-19(25)9-11-21/h4-11,20H,1-3,12-16H2,(H,26,29)(H,27,30). The number of piperidine rings is 1. The molecule has 1 unspecified atom stereocenters. The summed E-state index contributed by atoms with van der Waals surface area (Å²) in [6.07, 6.45) is 3.21. The molecule has 0 saturated carbocycles. The van der Waals surface area contributed by atoms with E-state index in [1.165, 1.54) is 16.4 Å². The van der Waals surface area contributed by atoms with Gasteiger partial charge >= 0.3 is 11.8 Å². The van der Waals surface area contributed by atoms with Crippen LogP contribution in [-0.2, 0) is 26.0 Å². The second-order valence-corrected chi connectivity index (χ2v) is 10.2. The molecular weight excluding hydrogens is 469 g/mol. The molecule has 1 atom stereocenters. The first kappa shape index (κ1) is 25.1. The number of hydrogen-bond acceptors (Lipinski definition) is 4. The van der Waals surface area contributed by atoms with E-state index in [0.717, 1.165) is 30.5 Å². The van der Waals surface area contributed by atoms with E-state index in [0.29, 0.717) is 37.4 Å². The molecule has 1 heterocycles. The molecule has 1 aliphatic heterocycles. The number of rotatable bonds is 8. The zero-order valence-electron chi connectivity index (χ0n) is 18.1. The quantitative estimate of drug-likeness (QED) is 0.550. The Balaban J connectivity index is 1.47. The number of carbonyl (C=O) groups is 2. The molecule has 2 amide bonds. The second kappa shape index (κ2) is 11.6. The maximum absolute atomic E-state index is 13.2. The zero-order chi connectivity index (χ0) is 23.8. The van der Waals surface area contributed by atoms with Gasteiger partial charge in [-0.05, 0) is 67.6 Å². The van der Waals surface area contributed by atoms with Crippen molar-refractivity contribution in [2.45, 2.75) is 43.0 Å². The van der Waals surface area contributed by atoms with Gasteiger partial charge in [-0.25, -0.2) is 12.8 Å². The molecule has 0 aliphatic carbocycles. The van der Waals surface area contributed by atoms with Crippen LogP contribution in [0.5, 0.6) is 0 Å². The number of nitrogens with one attached hydrogen (secondary N) is 2. The highest BCUT2D eigenvalue weighted by Crippen LogP contribution is 2.27. The van der Waals surface area contributed by atoms with E-state index in [-0.39, 0.29) is 17.5 Å². The Hall–Kier alpha value is -2.49. The van der Waals surface area contributed by atoms with Crippen LogP contribution in [-0.4, -0.2) is 50.2 Å². The first-order valence-corrected chi connectivity index (χ1v) is 12.7. The SMILES string of the molecule is O=C(NCCc1ccc(Cl)cc1)C(=O)NCCC1CCCCN1S(=O)(=O)c1ccc(F)cc1. The fourth-order valence-electron chi connectivity index (χ4n) is 3.81. The van der Waals surface area contributed by atoms with Crippen LogP contribution in [0.4, 0.5) is 4.39 Å². The van der Waals surface area contributed by atoms with Crippen molar-refractivity contribution >= 4 is 33.4 Å². The molecule has 1 aliphatic rings. The van der Waals surface area contributed by atoms with Crippen molar-refractivity contribution in [2.24, 2.45) is 0 Å². The normalized spacial score (nSPS) is 16.8. The summed E-state index contributed by atoms with van der Waals surface area (Å²) in [4.78, 5) is 24.2. The number of nitrogens with zero attached hydrogens (tertiary/aromatic N) is 1. The number of sulfonamides is 1. The molecule has 3 rings (SSSR count). The summed E-state index contributed by atoms with van der Waals surface area (Å²) >= 11 is 5.84. The van der Waals surface area contributed by atoms with Crippen LogP contribution in [0.2, 0.25) is 5.02 Å². The minimum Gasteiger partial charge on any atom is -0.348 e. The fourth-order valence-corrected chi connectivity index (χ4v) is 5.65. The maximum Gasteiger partial charge on any atom is 0.309 e. The van der Waals surface area contributed by atoms with Crippen LogP contribution in [0.1, 0.15) is 31.2 Å². The average Bonchev–Trinajstić information content (AvgIpc) is 2.80. The number of carbonyl (C=O) groups excluding carboxylic acids is 2. The van der Waals surface area contributed by atoms with Gasteiger partial charge in [-0.15, -0.1) is 0 Å². The lowest BCUT2D eigenvalue weighted by Gasteiger charge is -2.34. The molecule has 33 heavy (non-hydrogen) atoms. The zero-order valence-corrected chi connectivity index (χ0v) is 19.7. The number of halogens is 2. The Morgan fingerprint density at radius 1 is 0.970 bits per heavy atom. The topological polar surface area (TPSA) is 95.6 Å². The summed E-state index contributed by atoms with van der Waals surface area (Å²) in [7, 11) is -3.77. The highest BCUT2D eigenvalue weighted by atomic mass is 35.5. The van der Waals surface area contributed by atoms with Crippen molar-refractivity contribution in [3.05, 3.63) is 64.9 Å². The molecule has 0 bridgehead atoms. The van der Waals surface area contributed by atoms with E-state index in [9.17, 15) is 22.4 Å². The van der Waals surface area contributed by atoms with Gasteiger partial charge in [-0.3, -0.25) is 9.59 Å². The van der Waals surface area contributed by atoms with Gasteiger partial charge in [0.25, 0.3) is 0 Å². The van der Waals surface area contributed by atoms with Crippen molar-refractivity contribution in [1.29, 1.82) is 0 Å². The van der Waals surface area contributed by atoms with Gasteiger partial charge in [0.1, 0.15) is 5.82 Å². The summed E-state index contributed by atoms with van der Waals surface area (Å²) < 4.78 is 40.6. The summed E-state index contributed by atoms with van der Waals surface area (Å²) in [5, 5.41) is 5.77. The van der Waals surface area contributed by atoms with Crippen LogP contribution < -0.4 is 10.6 Å². The van der Waals surface area contributed by atoms with Crippen molar-refractivity contribution < 1.29 is 22.4 Å². The minimum atomic E-state index is -3.77. The third-order valence-electron chi connectivity index (χ3n) is 5.58. The molecule has 1 fully saturated rings. The Labute approximate surface area is 198 Å². The van der Waals surface area contributed by atoms with Gasteiger partial charge in [-0.2, -0.15) is 4.31 Å². The molecule has 2 N–H and O–H groups in total. The number of amides is 2. The number of benzene rings is 2. The first-order chi connectivity index (χ1) is 15.8. The van der Waals surface area contributed by atoms with E-state index in [4.69, 9.17) is 11.6 Å². The van der Waals surface area contributed by atoms with Crippen molar-refractivity contribution in [3.63, 3.8) is 0 Å². The van der Waals surface area contributed by atoms with E-state index in [2.05, 4.69) is 10.6 Å². The fraction of sp³-hybridized carbons (Fsp3) is 0.391. The van der Waals surface area contributed by atoms with Crippen LogP contribution in [0.25, 0.3) is 0 Å². The Bertz CT molecular complexity index is 1060. The third kappa shape index (κ3) is 6.99. The Morgan fingerprint density at radius 2 is 1.61 bits per heavy atom. The summed E-state index contributed by atoms with van der Waals surface area (Å²) in [6, 6.07) is 11.7. The first-order valence-electron chi connectivity index (χ1n) is 10.9. The van der Waals surface area contributed by atoms with Crippen molar-refractivity contribution in [2.75, 3.05) is 19.6 Å². The summed E-state index contributed by atoms with van der Waals surface area (Å²) in [5.41, 5.74) is 0.986. The van der Waals surface area contributed by atoms with E-state index in [1.807, 2.05) is 12.1 Å². The Kier molecular flexibility index (Phi) is 8.82. The van der Waals surface area contributed by atoms with Gasteiger partial charge < -0.3 is 10.6 Å². The van der Waals surface area contributed by atoms with Crippen molar-refractivity contribution in [1.82, 2.24) is 14.9 Å². The largest absolute Gasteiger partial charge is 0.348 e. The molecule has 7 nitrogen and oxygen atoms in total. The van der Waals surface area contributed by atoms with Gasteiger partial charge in [0.15, 0.2) is 0 Å². The molecule has 2 aromatic carbocycles. The second-order valence-electron chi connectivity index (χ2n) is 7.90. The van der Waals surface area contributed by atoms with Gasteiger partial charge in [0, 0.05) is 30.7 Å². The Morgan fingerprint density at radius 3 is 2.27 bits per heavy atom. The predicted molar refractivity (Wildman–Crippen MR) is 124 cm³/mol. The number of hydrogen-bond donors (Lipinski definition) is 2. The van der Waals surface area contributed by atoms with E-state index < -0.39 is 27.7 Å². The van der Waals surface area contributed by atoms with Gasteiger partial charge in [0.05, 0.1) is 4.90 Å². The van der Waals surface area contributed by atoms with E-state index in [1.54, 1.807) is 12.1 Å². The van der Waals surface area contributed by atoms with Crippen LogP contribution in [0.3, 0.4) is 0 Å². The van der Waals surface area contributed by atoms with Gasteiger partial charge in [-0.1, -0.05) is 30.2 Å². The summed E-state index contributed by atoms with van der Waals surface area (Å²) in [5.74, 6) is -1.99. The van der Waals surface area contributed by atoms with Gasteiger partial charge in [0.2, 0.25) is 10.0 Å². The van der Waals surface area contributed by atoms with Crippen LogP contribution >= 0.6 is 11.6 Å². The smallest absolute Gasteiger partial charge is 0.309 e. The molecule has 0 aromatic heterocycles. The summed E-state index contributed by atoms with van der Waals surface area (Å²) in [6.45, 7) is 0.841. The predicted octanol–water partition coefficient (Wildman–Crippen LogP) is 2.89. The monoisotopic (exact) mass is 495 g/mol. The molecular formula is C23H27ClFN3O4S.